The highest BCUT2D eigenvalue weighted by molar-refractivity contribution is 5.95. The molecule has 0 unspecified atom stereocenters. The summed E-state index contributed by atoms with van der Waals surface area (Å²) < 4.78 is 0. The molecule has 20 heavy (non-hydrogen) atoms. The second-order valence-electron chi connectivity index (χ2n) is 6.49. The Morgan fingerprint density at radius 1 is 1.40 bits per heavy atom. The van der Waals surface area contributed by atoms with Crippen molar-refractivity contribution in [1.82, 2.24) is 4.90 Å². The van der Waals surface area contributed by atoms with Crippen LogP contribution in [0.2, 0.25) is 0 Å². The van der Waals surface area contributed by atoms with Gasteiger partial charge >= 0.3 is 0 Å². The van der Waals surface area contributed by atoms with E-state index in [1.165, 1.54) is 25.7 Å². The van der Waals surface area contributed by atoms with Crippen LogP contribution >= 0.6 is 0 Å². The Balaban J connectivity index is 1.71. The fraction of sp³-hybridized carbons (Fsp3) is 0.562. The summed E-state index contributed by atoms with van der Waals surface area (Å²) in [5.41, 5.74) is 8.83. The molecule has 2 fully saturated rings. The fourth-order valence-electron chi connectivity index (χ4n) is 2.96. The van der Waals surface area contributed by atoms with Gasteiger partial charge in [-0.3, -0.25) is 4.79 Å². The molecule has 1 aromatic carbocycles. The molecule has 108 valence electrons. The quantitative estimate of drug-likeness (QED) is 0.811. The van der Waals surface area contributed by atoms with E-state index in [0.717, 1.165) is 18.2 Å². The molecule has 0 bridgehead atoms. The Hall–Kier alpha value is -1.71. The van der Waals surface area contributed by atoms with Crippen LogP contribution in [0.15, 0.2) is 18.2 Å². The molecular weight excluding hydrogens is 250 g/mol. The fourth-order valence-corrected chi connectivity index (χ4v) is 2.96. The number of anilines is 2. The van der Waals surface area contributed by atoms with Crippen LogP contribution in [-0.4, -0.2) is 31.4 Å². The SMILES string of the molecule is CN(C)C(=O)c1ccc(N)c(NCC2(C3CC3)CC2)c1. The highest BCUT2D eigenvalue weighted by atomic mass is 16.2. The van der Waals surface area contributed by atoms with Gasteiger partial charge in [-0.1, -0.05) is 0 Å². The number of carbonyl (C=O) groups is 1. The molecule has 0 spiro atoms. The summed E-state index contributed by atoms with van der Waals surface area (Å²) in [6, 6.07) is 5.48. The van der Waals surface area contributed by atoms with Gasteiger partial charge in [0.1, 0.15) is 0 Å². The number of nitrogens with two attached hydrogens (primary N) is 1. The lowest BCUT2D eigenvalue weighted by atomic mass is 10.0. The molecule has 3 N–H and O–H groups in total. The van der Waals surface area contributed by atoms with Gasteiger partial charge in [0.2, 0.25) is 0 Å². The predicted octanol–water partition coefficient (Wildman–Crippen LogP) is 2.57. The topological polar surface area (TPSA) is 58.4 Å². The van der Waals surface area contributed by atoms with E-state index in [1.807, 2.05) is 12.1 Å². The maximum atomic E-state index is 12.0. The minimum absolute atomic E-state index is 0.0105. The molecule has 0 atom stereocenters. The first kappa shape index (κ1) is 13.3. The molecule has 0 saturated heterocycles. The Kier molecular flexibility index (Phi) is 3.11. The third-order valence-corrected chi connectivity index (χ3v) is 4.67. The van der Waals surface area contributed by atoms with E-state index >= 15 is 0 Å². The maximum absolute atomic E-state index is 12.0. The number of hydrogen-bond acceptors (Lipinski definition) is 3. The van der Waals surface area contributed by atoms with Crippen molar-refractivity contribution in [3.63, 3.8) is 0 Å². The van der Waals surface area contributed by atoms with E-state index in [9.17, 15) is 4.79 Å². The second kappa shape index (κ2) is 4.69. The number of amides is 1. The van der Waals surface area contributed by atoms with E-state index in [2.05, 4.69) is 5.32 Å². The van der Waals surface area contributed by atoms with Crippen molar-refractivity contribution < 1.29 is 4.79 Å². The normalized spacial score (nSPS) is 19.5. The van der Waals surface area contributed by atoms with Crippen molar-refractivity contribution in [2.24, 2.45) is 11.3 Å². The van der Waals surface area contributed by atoms with E-state index in [0.29, 0.717) is 16.7 Å². The zero-order valence-corrected chi connectivity index (χ0v) is 12.3. The predicted molar refractivity (Wildman–Crippen MR) is 81.8 cm³/mol. The zero-order valence-electron chi connectivity index (χ0n) is 12.3. The van der Waals surface area contributed by atoms with Gasteiger partial charge in [-0.2, -0.15) is 0 Å². The number of nitrogen functional groups attached to an aromatic ring is 1. The number of nitrogens with zero attached hydrogens (tertiary/aromatic N) is 1. The van der Waals surface area contributed by atoms with Crippen LogP contribution in [0.25, 0.3) is 0 Å². The maximum Gasteiger partial charge on any atom is 0.253 e. The first-order chi connectivity index (χ1) is 9.52. The number of nitrogens with one attached hydrogen (secondary N) is 1. The molecule has 0 aromatic heterocycles. The Morgan fingerprint density at radius 3 is 2.65 bits per heavy atom. The first-order valence-corrected chi connectivity index (χ1v) is 7.37. The minimum Gasteiger partial charge on any atom is -0.397 e. The van der Waals surface area contributed by atoms with Gasteiger partial charge in [0.25, 0.3) is 5.91 Å². The summed E-state index contributed by atoms with van der Waals surface area (Å²) in [5.74, 6) is 0.930. The Bertz CT molecular complexity index is 531. The molecule has 1 amide bonds. The van der Waals surface area contributed by atoms with Gasteiger partial charge < -0.3 is 16.0 Å². The highest BCUT2D eigenvalue weighted by Gasteiger charge is 2.53. The second-order valence-corrected chi connectivity index (χ2v) is 6.49. The Morgan fingerprint density at radius 2 is 2.10 bits per heavy atom. The zero-order chi connectivity index (χ0) is 14.3. The molecule has 0 heterocycles. The van der Waals surface area contributed by atoms with E-state index in [-0.39, 0.29) is 5.91 Å². The highest BCUT2D eigenvalue weighted by Crippen LogP contribution is 2.61. The average Bonchev–Trinajstić information content (AvgIpc) is 3.27. The summed E-state index contributed by atoms with van der Waals surface area (Å²) in [6.07, 6.45) is 5.44. The van der Waals surface area contributed by atoms with Crippen LogP contribution in [0.4, 0.5) is 11.4 Å². The summed E-state index contributed by atoms with van der Waals surface area (Å²) in [7, 11) is 3.52. The van der Waals surface area contributed by atoms with Gasteiger partial charge in [0.15, 0.2) is 0 Å². The lowest BCUT2D eigenvalue weighted by Gasteiger charge is -2.18. The lowest BCUT2D eigenvalue weighted by Crippen LogP contribution is -2.22. The van der Waals surface area contributed by atoms with Crippen molar-refractivity contribution >= 4 is 17.3 Å². The van der Waals surface area contributed by atoms with Crippen molar-refractivity contribution in [2.75, 3.05) is 31.7 Å². The molecule has 3 rings (SSSR count). The van der Waals surface area contributed by atoms with Gasteiger partial charge in [0.05, 0.1) is 11.4 Å². The van der Waals surface area contributed by atoms with E-state index < -0.39 is 0 Å². The summed E-state index contributed by atoms with van der Waals surface area (Å²) in [4.78, 5) is 13.6. The molecule has 0 radical (unpaired) electrons. The smallest absolute Gasteiger partial charge is 0.253 e. The molecule has 4 nitrogen and oxygen atoms in total. The lowest BCUT2D eigenvalue weighted by molar-refractivity contribution is 0.0827. The van der Waals surface area contributed by atoms with Crippen LogP contribution in [0, 0.1) is 11.3 Å². The molecule has 0 aliphatic heterocycles. The van der Waals surface area contributed by atoms with Crippen LogP contribution < -0.4 is 11.1 Å². The molecule has 1 aromatic rings. The van der Waals surface area contributed by atoms with Crippen LogP contribution in [0.1, 0.15) is 36.0 Å². The molecule has 2 aliphatic carbocycles. The van der Waals surface area contributed by atoms with Crippen molar-refractivity contribution in [3.8, 4) is 0 Å². The molecule has 2 saturated carbocycles. The van der Waals surface area contributed by atoms with Crippen LogP contribution in [0.3, 0.4) is 0 Å². The van der Waals surface area contributed by atoms with Crippen molar-refractivity contribution in [3.05, 3.63) is 23.8 Å². The first-order valence-electron chi connectivity index (χ1n) is 7.37. The van der Waals surface area contributed by atoms with Gasteiger partial charge in [0, 0.05) is 26.2 Å². The summed E-state index contributed by atoms with van der Waals surface area (Å²) >= 11 is 0. The monoisotopic (exact) mass is 273 g/mol. The molecular formula is C16H23N3O. The Labute approximate surface area is 120 Å². The third-order valence-electron chi connectivity index (χ3n) is 4.67. The third kappa shape index (κ3) is 2.47. The number of rotatable bonds is 5. The summed E-state index contributed by atoms with van der Waals surface area (Å²) in [6.45, 7) is 0.988. The standard InChI is InChI=1S/C16H23N3O/c1-19(2)15(20)11-3-6-13(17)14(9-11)18-10-16(7-8-16)12-4-5-12/h3,6,9,12,18H,4-5,7-8,10,17H2,1-2H3. The van der Waals surface area contributed by atoms with E-state index in [1.54, 1.807) is 25.1 Å². The number of benzene rings is 1. The average molecular weight is 273 g/mol. The van der Waals surface area contributed by atoms with Gasteiger partial charge in [-0.25, -0.2) is 0 Å². The van der Waals surface area contributed by atoms with Crippen LogP contribution in [-0.2, 0) is 0 Å². The number of hydrogen-bond donors (Lipinski definition) is 2. The molecule has 4 heteroatoms. The van der Waals surface area contributed by atoms with E-state index in [4.69, 9.17) is 5.73 Å². The van der Waals surface area contributed by atoms with Gasteiger partial charge in [-0.05, 0) is 55.2 Å². The molecule has 2 aliphatic rings. The van der Waals surface area contributed by atoms with Crippen molar-refractivity contribution in [1.29, 1.82) is 0 Å². The number of carbonyl (C=O) groups excluding carboxylic acids is 1. The minimum atomic E-state index is 0.0105. The van der Waals surface area contributed by atoms with Gasteiger partial charge in [-0.15, -0.1) is 0 Å². The van der Waals surface area contributed by atoms with Crippen molar-refractivity contribution in [2.45, 2.75) is 25.7 Å². The largest absolute Gasteiger partial charge is 0.397 e. The summed E-state index contributed by atoms with van der Waals surface area (Å²) in [5, 5.41) is 3.48. The van der Waals surface area contributed by atoms with Crippen LogP contribution in [0.5, 0.6) is 0 Å².